The zero-order valence-electron chi connectivity index (χ0n) is 14.7. The molecular weight excluding hydrogens is 387 g/mol. The van der Waals surface area contributed by atoms with E-state index in [4.69, 9.17) is 23.2 Å². The van der Waals surface area contributed by atoms with Gasteiger partial charge in [-0.15, -0.1) is 0 Å². The second kappa shape index (κ2) is 6.90. The number of benzene rings is 3. The second-order valence-corrected chi connectivity index (χ2v) is 7.28. The lowest BCUT2D eigenvalue weighted by Gasteiger charge is -2.13. The molecule has 2 nitrogen and oxygen atoms in total. The predicted octanol–water partition coefficient (Wildman–Crippen LogP) is 7.42. The molecule has 2 aromatic heterocycles. The number of nitrogens with zero attached hydrogens (tertiary/aromatic N) is 2. The monoisotopic (exact) mass is 400 g/mol. The Hall–Kier alpha value is -2.94. The molecule has 134 valence electrons. The number of halogens is 2. The van der Waals surface area contributed by atoms with Crippen LogP contribution in [0.3, 0.4) is 0 Å². The number of pyridine rings is 2. The van der Waals surface area contributed by atoms with Crippen LogP contribution in [-0.2, 0) is 0 Å². The fourth-order valence-corrected chi connectivity index (χ4v) is 4.08. The molecule has 5 aromatic rings. The van der Waals surface area contributed by atoms with Crippen molar-refractivity contribution in [2.75, 3.05) is 0 Å². The zero-order chi connectivity index (χ0) is 19.1. The molecule has 4 heteroatoms. The summed E-state index contributed by atoms with van der Waals surface area (Å²) in [4.78, 5) is 9.23. The second-order valence-electron chi connectivity index (χ2n) is 6.54. The fourth-order valence-electron chi connectivity index (χ4n) is 3.64. The third-order valence-electron chi connectivity index (χ3n) is 4.91. The van der Waals surface area contributed by atoms with E-state index in [2.05, 4.69) is 34.2 Å². The molecule has 0 aliphatic heterocycles. The summed E-state index contributed by atoms with van der Waals surface area (Å²) >= 11 is 13.0. The first-order valence-electron chi connectivity index (χ1n) is 8.91. The van der Waals surface area contributed by atoms with Crippen molar-refractivity contribution in [1.82, 2.24) is 9.97 Å². The molecule has 5 rings (SSSR count). The van der Waals surface area contributed by atoms with Gasteiger partial charge in [0.1, 0.15) is 5.15 Å². The Morgan fingerprint density at radius 3 is 1.96 bits per heavy atom. The predicted molar refractivity (Wildman–Crippen MR) is 118 cm³/mol. The molecule has 0 unspecified atom stereocenters. The Morgan fingerprint density at radius 2 is 1.25 bits per heavy atom. The summed E-state index contributed by atoms with van der Waals surface area (Å²) in [6.07, 6.45) is 1.82. The number of rotatable bonds is 2. The smallest absolute Gasteiger partial charge is 0.149 e. The van der Waals surface area contributed by atoms with Gasteiger partial charge in [-0.05, 0) is 22.8 Å². The molecule has 0 amide bonds. The lowest BCUT2D eigenvalue weighted by molar-refractivity contribution is 1.37. The first kappa shape index (κ1) is 17.2. The average molecular weight is 401 g/mol. The maximum absolute atomic E-state index is 6.57. The molecule has 0 fully saturated rings. The van der Waals surface area contributed by atoms with Crippen molar-refractivity contribution in [3.8, 4) is 22.3 Å². The minimum atomic E-state index is 0.285. The minimum absolute atomic E-state index is 0.285. The molecule has 0 radical (unpaired) electrons. The maximum atomic E-state index is 6.57. The van der Waals surface area contributed by atoms with E-state index in [1.54, 1.807) is 0 Å². The van der Waals surface area contributed by atoms with Gasteiger partial charge in [0.25, 0.3) is 0 Å². The summed E-state index contributed by atoms with van der Waals surface area (Å²) in [7, 11) is 0. The lowest BCUT2D eigenvalue weighted by atomic mass is 9.96. The van der Waals surface area contributed by atoms with Crippen LogP contribution in [0, 0.1) is 0 Å². The number of fused-ring (bicyclic) bond motifs is 3. The van der Waals surface area contributed by atoms with Crippen LogP contribution in [0.4, 0.5) is 0 Å². The van der Waals surface area contributed by atoms with E-state index in [0.29, 0.717) is 5.02 Å². The standard InChI is InChI=1S/C24H14Cl2N2/c25-21-20(16-9-5-2-6-10-16)19-12-11-18-17(15-7-3-1-4-8-15)13-14-27-22(18)23(19)28-24(21)26/h1-14H. The molecule has 0 N–H and O–H groups in total. The summed E-state index contributed by atoms with van der Waals surface area (Å²) in [6, 6.07) is 26.4. The first-order chi connectivity index (χ1) is 13.7. The number of hydrogen-bond acceptors (Lipinski definition) is 2. The van der Waals surface area contributed by atoms with Crippen LogP contribution in [-0.4, -0.2) is 9.97 Å². The van der Waals surface area contributed by atoms with Crippen molar-refractivity contribution in [2.45, 2.75) is 0 Å². The Balaban J connectivity index is 1.89. The van der Waals surface area contributed by atoms with Gasteiger partial charge in [0.15, 0.2) is 0 Å². The van der Waals surface area contributed by atoms with Gasteiger partial charge in [0, 0.05) is 22.5 Å². The largest absolute Gasteiger partial charge is 0.254 e. The quantitative estimate of drug-likeness (QED) is 0.227. The topological polar surface area (TPSA) is 25.8 Å². The van der Waals surface area contributed by atoms with Crippen LogP contribution in [0.1, 0.15) is 0 Å². The molecule has 0 aliphatic rings. The van der Waals surface area contributed by atoms with Gasteiger partial charge in [-0.2, -0.15) is 0 Å². The molecule has 2 heterocycles. The molecule has 3 aromatic carbocycles. The molecular formula is C24H14Cl2N2. The highest BCUT2D eigenvalue weighted by molar-refractivity contribution is 6.44. The van der Waals surface area contributed by atoms with Gasteiger partial charge < -0.3 is 0 Å². The van der Waals surface area contributed by atoms with Gasteiger partial charge in [-0.1, -0.05) is 96.0 Å². The highest BCUT2D eigenvalue weighted by Crippen LogP contribution is 2.41. The van der Waals surface area contributed by atoms with Crippen LogP contribution in [0.2, 0.25) is 10.2 Å². The maximum Gasteiger partial charge on any atom is 0.149 e. The highest BCUT2D eigenvalue weighted by atomic mass is 35.5. The van der Waals surface area contributed by atoms with Gasteiger partial charge in [0.2, 0.25) is 0 Å². The van der Waals surface area contributed by atoms with E-state index < -0.39 is 0 Å². The van der Waals surface area contributed by atoms with Crippen molar-refractivity contribution in [1.29, 1.82) is 0 Å². The van der Waals surface area contributed by atoms with Gasteiger partial charge >= 0.3 is 0 Å². The minimum Gasteiger partial charge on any atom is -0.254 e. The molecule has 0 saturated carbocycles. The summed E-state index contributed by atoms with van der Waals surface area (Å²) < 4.78 is 0. The third kappa shape index (κ3) is 2.73. The van der Waals surface area contributed by atoms with Crippen LogP contribution < -0.4 is 0 Å². The average Bonchev–Trinajstić information content (AvgIpc) is 2.75. The molecule has 0 spiro atoms. The zero-order valence-corrected chi connectivity index (χ0v) is 16.2. The summed E-state index contributed by atoms with van der Waals surface area (Å²) in [5.41, 5.74) is 5.70. The lowest BCUT2D eigenvalue weighted by Crippen LogP contribution is -1.93. The van der Waals surface area contributed by atoms with E-state index in [9.17, 15) is 0 Å². The van der Waals surface area contributed by atoms with Crippen molar-refractivity contribution < 1.29 is 0 Å². The number of hydrogen-bond donors (Lipinski definition) is 0. The van der Waals surface area contributed by atoms with Crippen molar-refractivity contribution in [3.63, 3.8) is 0 Å². The van der Waals surface area contributed by atoms with Crippen molar-refractivity contribution in [3.05, 3.63) is 95.2 Å². The first-order valence-corrected chi connectivity index (χ1v) is 9.67. The van der Waals surface area contributed by atoms with E-state index >= 15 is 0 Å². The van der Waals surface area contributed by atoms with Crippen LogP contribution in [0.5, 0.6) is 0 Å². The fraction of sp³-hybridized carbons (Fsp3) is 0. The Bertz CT molecular complexity index is 1320. The van der Waals surface area contributed by atoms with Crippen LogP contribution in [0.25, 0.3) is 44.1 Å². The highest BCUT2D eigenvalue weighted by Gasteiger charge is 2.17. The molecule has 0 saturated heterocycles. The normalized spacial score (nSPS) is 11.2. The van der Waals surface area contributed by atoms with Crippen LogP contribution >= 0.6 is 23.2 Å². The Kier molecular flexibility index (Phi) is 4.23. The molecule has 28 heavy (non-hydrogen) atoms. The summed E-state index contributed by atoms with van der Waals surface area (Å²) in [5.74, 6) is 0. The van der Waals surface area contributed by atoms with Crippen molar-refractivity contribution in [2.24, 2.45) is 0 Å². The van der Waals surface area contributed by atoms with E-state index in [0.717, 1.165) is 44.1 Å². The van der Waals surface area contributed by atoms with Gasteiger partial charge in [-0.25, -0.2) is 4.98 Å². The number of aromatic nitrogens is 2. The molecule has 0 atom stereocenters. The summed E-state index contributed by atoms with van der Waals surface area (Å²) in [6.45, 7) is 0. The Labute approximate surface area is 172 Å². The molecule has 0 bridgehead atoms. The van der Waals surface area contributed by atoms with E-state index in [1.165, 1.54) is 0 Å². The summed E-state index contributed by atoms with van der Waals surface area (Å²) in [5, 5.41) is 2.71. The van der Waals surface area contributed by atoms with Crippen LogP contribution in [0.15, 0.2) is 85.1 Å². The molecule has 0 aliphatic carbocycles. The van der Waals surface area contributed by atoms with E-state index in [1.807, 2.05) is 60.8 Å². The van der Waals surface area contributed by atoms with Gasteiger partial charge in [-0.3, -0.25) is 4.98 Å². The van der Waals surface area contributed by atoms with E-state index in [-0.39, 0.29) is 5.15 Å². The SMILES string of the molecule is Clc1nc2c(ccc3c(-c4ccccc4)ccnc32)c(-c2ccccc2)c1Cl. The third-order valence-corrected chi connectivity index (χ3v) is 5.65. The Morgan fingerprint density at radius 1 is 0.607 bits per heavy atom. The van der Waals surface area contributed by atoms with Crippen molar-refractivity contribution >= 4 is 45.0 Å². The van der Waals surface area contributed by atoms with Gasteiger partial charge in [0.05, 0.1) is 16.1 Å².